The minimum Gasteiger partial charge on any atom is -0.290 e. The largest absolute Gasteiger partial charge is 0.290 e. The van der Waals surface area contributed by atoms with Crippen LogP contribution in [0, 0.1) is 0 Å². The number of H-pyrrole nitrogens is 1. The topological polar surface area (TPSA) is 50.2 Å². The zero-order valence-electron chi connectivity index (χ0n) is 8.16. The Morgan fingerprint density at radius 1 is 1.57 bits per heavy atom. The zero-order chi connectivity index (χ0) is 9.97. The van der Waals surface area contributed by atoms with E-state index in [0.29, 0.717) is 5.65 Å². The molecule has 0 radical (unpaired) electrons. The summed E-state index contributed by atoms with van der Waals surface area (Å²) in [6.07, 6.45) is 4.91. The fraction of sp³-hybridized carbons (Fsp3) is 0.400. The molecule has 4 nitrogen and oxygen atoms in total. The first-order valence-electron chi connectivity index (χ1n) is 4.87. The van der Waals surface area contributed by atoms with E-state index < -0.39 is 0 Å². The molecule has 0 aliphatic carbocycles. The standard InChI is InChI=1S/C10H13N3O/c1-2-3-4-9-11-10-7-8(14)5-6-13(10)12-9/h5-7H,2-4H2,1H3,(H,11,12). The van der Waals surface area contributed by atoms with Gasteiger partial charge in [-0.25, -0.2) is 9.50 Å². The van der Waals surface area contributed by atoms with Gasteiger partial charge in [-0.2, -0.15) is 0 Å². The van der Waals surface area contributed by atoms with Crippen molar-refractivity contribution >= 4 is 5.65 Å². The SMILES string of the molecule is CCCCc1nc2cc(=O)ccn2[nH]1. The van der Waals surface area contributed by atoms with Crippen molar-refractivity contribution in [1.29, 1.82) is 0 Å². The van der Waals surface area contributed by atoms with Gasteiger partial charge in [0.25, 0.3) is 0 Å². The first-order chi connectivity index (χ1) is 6.79. The number of aryl methyl sites for hydroxylation is 1. The van der Waals surface area contributed by atoms with Gasteiger partial charge in [0, 0.05) is 24.8 Å². The molecule has 2 heterocycles. The molecular weight excluding hydrogens is 178 g/mol. The molecule has 0 atom stereocenters. The van der Waals surface area contributed by atoms with Crippen molar-refractivity contribution in [2.45, 2.75) is 26.2 Å². The predicted octanol–water partition coefficient (Wildman–Crippen LogP) is 1.37. The molecule has 0 amide bonds. The third-order valence-corrected chi connectivity index (χ3v) is 2.17. The summed E-state index contributed by atoms with van der Waals surface area (Å²) in [5.41, 5.74) is 0.696. The van der Waals surface area contributed by atoms with Crippen LogP contribution in [0.1, 0.15) is 25.6 Å². The molecule has 14 heavy (non-hydrogen) atoms. The van der Waals surface area contributed by atoms with E-state index in [-0.39, 0.29) is 5.43 Å². The highest BCUT2D eigenvalue weighted by atomic mass is 16.1. The van der Waals surface area contributed by atoms with Gasteiger partial charge in [0.15, 0.2) is 11.1 Å². The van der Waals surface area contributed by atoms with Gasteiger partial charge < -0.3 is 0 Å². The maximum absolute atomic E-state index is 11.0. The molecule has 1 N–H and O–H groups in total. The summed E-state index contributed by atoms with van der Waals surface area (Å²) < 4.78 is 1.77. The Balaban J connectivity index is 2.36. The molecule has 0 saturated carbocycles. The number of fused-ring (bicyclic) bond motifs is 1. The number of aromatic amines is 1. The first-order valence-corrected chi connectivity index (χ1v) is 4.87. The number of hydrogen-bond acceptors (Lipinski definition) is 2. The molecule has 2 aromatic rings. The van der Waals surface area contributed by atoms with Gasteiger partial charge in [0.2, 0.25) is 0 Å². The van der Waals surface area contributed by atoms with E-state index in [1.54, 1.807) is 10.7 Å². The van der Waals surface area contributed by atoms with Gasteiger partial charge in [-0.05, 0) is 6.42 Å². The van der Waals surface area contributed by atoms with Gasteiger partial charge in [0.05, 0.1) is 0 Å². The molecule has 0 fully saturated rings. The van der Waals surface area contributed by atoms with E-state index in [9.17, 15) is 4.79 Å². The molecule has 4 heteroatoms. The van der Waals surface area contributed by atoms with E-state index >= 15 is 0 Å². The van der Waals surface area contributed by atoms with E-state index in [1.807, 2.05) is 0 Å². The third kappa shape index (κ3) is 1.69. The molecular formula is C10H13N3O. The second-order valence-electron chi connectivity index (χ2n) is 3.36. The van der Waals surface area contributed by atoms with Crippen molar-refractivity contribution in [1.82, 2.24) is 14.6 Å². The van der Waals surface area contributed by atoms with Crippen molar-refractivity contribution in [3.63, 3.8) is 0 Å². The number of hydrogen-bond donors (Lipinski definition) is 1. The highest BCUT2D eigenvalue weighted by molar-refractivity contribution is 5.36. The molecule has 0 aliphatic heterocycles. The molecule has 2 aromatic heterocycles. The monoisotopic (exact) mass is 191 g/mol. The van der Waals surface area contributed by atoms with Crippen molar-refractivity contribution in [3.8, 4) is 0 Å². The van der Waals surface area contributed by atoms with Crippen LogP contribution in [-0.4, -0.2) is 14.6 Å². The number of aromatic nitrogens is 3. The number of rotatable bonds is 3. The quantitative estimate of drug-likeness (QED) is 0.796. The lowest BCUT2D eigenvalue weighted by Crippen LogP contribution is -1.98. The molecule has 74 valence electrons. The van der Waals surface area contributed by atoms with Crippen molar-refractivity contribution in [2.24, 2.45) is 0 Å². The highest BCUT2D eigenvalue weighted by Gasteiger charge is 2.00. The average Bonchev–Trinajstić information content (AvgIpc) is 2.56. The Kier molecular flexibility index (Phi) is 2.35. The van der Waals surface area contributed by atoms with E-state index in [2.05, 4.69) is 17.0 Å². The number of unbranched alkanes of at least 4 members (excludes halogenated alkanes) is 1. The molecule has 0 aliphatic rings. The third-order valence-electron chi connectivity index (χ3n) is 2.17. The average molecular weight is 191 g/mol. The lowest BCUT2D eigenvalue weighted by molar-refractivity contribution is 0.748. The van der Waals surface area contributed by atoms with Crippen LogP contribution in [0.2, 0.25) is 0 Å². The fourth-order valence-corrected chi connectivity index (χ4v) is 1.41. The maximum atomic E-state index is 11.0. The van der Waals surface area contributed by atoms with Crippen LogP contribution in [0.25, 0.3) is 5.65 Å². The summed E-state index contributed by atoms with van der Waals surface area (Å²) in [4.78, 5) is 15.4. The van der Waals surface area contributed by atoms with E-state index in [0.717, 1.165) is 25.1 Å². The summed E-state index contributed by atoms with van der Waals surface area (Å²) in [7, 11) is 0. The minimum absolute atomic E-state index is 0.00135. The minimum atomic E-state index is -0.00135. The van der Waals surface area contributed by atoms with Crippen LogP contribution in [0.5, 0.6) is 0 Å². The van der Waals surface area contributed by atoms with Gasteiger partial charge in [-0.15, -0.1) is 0 Å². The van der Waals surface area contributed by atoms with Crippen LogP contribution in [0.15, 0.2) is 23.1 Å². The van der Waals surface area contributed by atoms with Crippen LogP contribution in [0.3, 0.4) is 0 Å². The molecule has 2 rings (SSSR count). The van der Waals surface area contributed by atoms with Crippen molar-refractivity contribution in [2.75, 3.05) is 0 Å². The Hall–Kier alpha value is -1.58. The first kappa shape index (κ1) is 8.99. The van der Waals surface area contributed by atoms with Gasteiger partial charge in [0.1, 0.15) is 5.82 Å². The summed E-state index contributed by atoms with van der Waals surface area (Å²) in [6.45, 7) is 2.14. The Morgan fingerprint density at radius 3 is 3.21 bits per heavy atom. The van der Waals surface area contributed by atoms with Gasteiger partial charge in [-0.1, -0.05) is 13.3 Å². The number of nitrogens with zero attached hydrogens (tertiary/aromatic N) is 2. The maximum Gasteiger partial charge on any atom is 0.183 e. The summed E-state index contributed by atoms with van der Waals surface area (Å²) in [6, 6.07) is 3.06. The highest BCUT2D eigenvalue weighted by Crippen LogP contribution is 2.01. The lowest BCUT2D eigenvalue weighted by Gasteiger charge is -1.90. The van der Waals surface area contributed by atoms with Crippen LogP contribution < -0.4 is 5.43 Å². The molecule has 0 saturated heterocycles. The van der Waals surface area contributed by atoms with Crippen LogP contribution in [-0.2, 0) is 6.42 Å². The van der Waals surface area contributed by atoms with Gasteiger partial charge in [-0.3, -0.25) is 9.89 Å². The lowest BCUT2D eigenvalue weighted by atomic mass is 10.2. The number of nitrogens with one attached hydrogen (secondary N) is 1. The van der Waals surface area contributed by atoms with Crippen molar-refractivity contribution in [3.05, 3.63) is 34.4 Å². The molecule has 0 bridgehead atoms. The number of pyridine rings is 1. The van der Waals surface area contributed by atoms with E-state index in [1.165, 1.54) is 12.1 Å². The Labute approximate surface area is 81.6 Å². The summed E-state index contributed by atoms with van der Waals surface area (Å²) in [5.74, 6) is 0.942. The Morgan fingerprint density at radius 2 is 2.43 bits per heavy atom. The molecule has 0 spiro atoms. The normalized spacial score (nSPS) is 10.9. The van der Waals surface area contributed by atoms with Crippen LogP contribution >= 0.6 is 0 Å². The predicted molar refractivity (Wildman–Crippen MR) is 54.4 cm³/mol. The molecule has 0 aromatic carbocycles. The smallest absolute Gasteiger partial charge is 0.183 e. The Bertz CT molecular complexity index is 483. The molecule has 0 unspecified atom stereocenters. The second-order valence-corrected chi connectivity index (χ2v) is 3.36. The van der Waals surface area contributed by atoms with Crippen LogP contribution in [0.4, 0.5) is 0 Å². The summed E-state index contributed by atoms with van der Waals surface area (Å²) >= 11 is 0. The van der Waals surface area contributed by atoms with Gasteiger partial charge >= 0.3 is 0 Å². The van der Waals surface area contributed by atoms with Crippen molar-refractivity contribution < 1.29 is 0 Å². The van der Waals surface area contributed by atoms with E-state index in [4.69, 9.17) is 0 Å². The second kappa shape index (κ2) is 3.65. The zero-order valence-corrected chi connectivity index (χ0v) is 8.16. The summed E-state index contributed by atoms with van der Waals surface area (Å²) in [5, 5.41) is 3.12. The fourth-order valence-electron chi connectivity index (χ4n) is 1.41.